The van der Waals surface area contributed by atoms with Crippen LogP contribution < -0.4 is 14.8 Å². The van der Waals surface area contributed by atoms with Gasteiger partial charge in [-0.3, -0.25) is 9.52 Å². The van der Waals surface area contributed by atoms with Crippen molar-refractivity contribution in [2.75, 3.05) is 10.0 Å². The standard InChI is InChI=1S/C22H15Cl3N4O5S/c23-13-1-7-17(24)19(11-13)33-12-15-4-8-18(34-15)22(30)26-14-2-5-16(6-3-14)35(31,32)29-21-10-9-20(25)27-28-21/h1-11H,12H2,(H,26,30)(H,28,29). The van der Waals surface area contributed by atoms with Gasteiger partial charge in [0.2, 0.25) is 0 Å². The minimum absolute atomic E-state index is 0.0158. The number of benzene rings is 2. The number of aromatic nitrogens is 2. The third kappa shape index (κ3) is 6.43. The Morgan fingerprint density at radius 1 is 0.943 bits per heavy atom. The van der Waals surface area contributed by atoms with Crippen LogP contribution in [0, 0.1) is 0 Å². The quantitative estimate of drug-likeness (QED) is 0.288. The predicted octanol–water partition coefficient (Wildman–Crippen LogP) is 5.66. The molecule has 13 heteroatoms. The van der Waals surface area contributed by atoms with Crippen molar-refractivity contribution >= 4 is 62.2 Å². The van der Waals surface area contributed by atoms with Crippen molar-refractivity contribution in [3.05, 3.63) is 93.4 Å². The van der Waals surface area contributed by atoms with E-state index in [0.717, 1.165) is 0 Å². The van der Waals surface area contributed by atoms with Crippen LogP contribution in [0.5, 0.6) is 5.75 Å². The number of carbonyl (C=O) groups is 1. The molecule has 2 N–H and O–H groups in total. The van der Waals surface area contributed by atoms with Crippen LogP contribution in [-0.2, 0) is 16.6 Å². The van der Waals surface area contributed by atoms with E-state index in [2.05, 4.69) is 20.2 Å². The van der Waals surface area contributed by atoms with Crippen LogP contribution in [0.3, 0.4) is 0 Å². The topological polar surface area (TPSA) is 123 Å². The molecular formula is C22H15Cl3N4O5S. The molecule has 0 aliphatic rings. The van der Waals surface area contributed by atoms with Crippen molar-refractivity contribution in [2.24, 2.45) is 0 Å². The highest BCUT2D eigenvalue weighted by Crippen LogP contribution is 2.28. The number of anilines is 2. The summed E-state index contributed by atoms with van der Waals surface area (Å²) in [5, 5.41) is 10.9. The molecule has 0 unspecified atom stereocenters. The molecule has 2 heterocycles. The van der Waals surface area contributed by atoms with Gasteiger partial charge in [-0.25, -0.2) is 8.42 Å². The molecule has 0 saturated carbocycles. The fraction of sp³-hybridized carbons (Fsp3) is 0.0455. The van der Waals surface area contributed by atoms with E-state index in [1.807, 2.05) is 0 Å². The number of hydrogen-bond acceptors (Lipinski definition) is 7. The molecular weight excluding hydrogens is 539 g/mol. The first-order valence-corrected chi connectivity index (χ1v) is 12.4. The molecule has 2 aromatic heterocycles. The first-order chi connectivity index (χ1) is 16.7. The van der Waals surface area contributed by atoms with Crippen LogP contribution in [0.2, 0.25) is 15.2 Å². The van der Waals surface area contributed by atoms with Crippen molar-refractivity contribution in [3.63, 3.8) is 0 Å². The SMILES string of the molecule is O=C(Nc1ccc(S(=O)(=O)Nc2ccc(Cl)nn2)cc1)c1ccc(COc2cc(Cl)ccc2Cl)o1. The van der Waals surface area contributed by atoms with E-state index >= 15 is 0 Å². The van der Waals surface area contributed by atoms with Gasteiger partial charge in [-0.2, -0.15) is 0 Å². The van der Waals surface area contributed by atoms with Crippen molar-refractivity contribution in [3.8, 4) is 5.75 Å². The van der Waals surface area contributed by atoms with E-state index in [4.69, 9.17) is 44.0 Å². The molecule has 180 valence electrons. The molecule has 9 nitrogen and oxygen atoms in total. The molecule has 0 atom stereocenters. The smallest absolute Gasteiger partial charge is 0.291 e. The van der Waals surface area contributed by atoms with E-state index in [-0.39, 0.29) is 28.2 Å². The normalized spacial score (nSPS) is 11.2. The number of nitrogens with one attached hydrogen (secondary N) is 2. The Morgan fingerprint density at radius 3 is 2.43 bits per heavy atom. The molecule has 0 aliphatic carbocycles. The average molecular weight is 554 g/mol. The summed E-state index contributed by atoms with van der Waals surface area (Å²) in [5.41, 5.74) is 0.361. The highest BCUT2D eigenvalue weighted by molar-refractivity contribution is 7.92. The Kier molecular flexibility index (Phi) is 7.46. The number of ether oxygens (including phenoxy) is 1. The van der Waals surface area contributed by atoms with E-state index in [1.54, 1.807) is 24.3 Å². The van der Waals surface area contributed by atoms with Crippen LogP contribution in [0.25, 0.3) is 0 Å². The van der Waals surface area contributed by atoms with E-state index in [0.29, 0.717) is 27.2 Å². The molecule has 0 spiro atoms. The zero-order chi connectivity index (χ0) is 25.0. The zero-order valence-electron chi connectivity index (χ0n) is 17.5. The summed E-state index contributed by atoms with van der Waals surface area (Å²) in [4.78, 5) is 12.5. The van der Waals surface area contributed by atoms with Crippen LogP contribution >= 0.6 is 34.8 Å². The highest BCUT2D eigenvalue weighted by Gasteiger charge is 2.17. The van der Waals surface area contributed by atoms with Gasteiger partial charge in [0.25, 0.3) is 15.9 Å². The Bertz CT molecular complexity index is 1460. The average Bonchev–Trinajstić information content (AvgIpc) is 3.31. The molecule has 2 aromatic carbocycles. The van der Waals surface area contributed by atoms with Crippen LogP contribution in [0.15, 0.2) is 76.0 Å². The Balaban J connectivity index is 1.36. The number of carbonyl (C=O) groups excluding carboxylic acids is 1. The van der Waals surface area contributed by atoms with Crippen molar-refractivity contribution in [2.45, 2.75) is 11.5 Å². The molecule has 1 amide bonds. The monoisotopic (exact) mass is 552 g/mol. The Labute approximate surface area is 215 Å². The second-order valence-electron chi connectivity index (χ2n) is 6.95. The summed E-state index contributed by atoms with van der Waals surface area (Å²) in [6.45, 7) is 0.0326. The third-order valence-electron chi connectivity index (χ3n) is 4.44. The largest absolute Gasteiger partial charge is 0.484 e. The number of hydrogen-bond donors (Lipinski definition) is 2. The van der Waals surface area contributed by atoms with Crippen LogP contribution in [0.1, 0.15) is 16.3 Å². The number of amides is 1. The van der Waals surface area contributed by atoms with Gasteiger partial charge in [0.15, 0.2) is 16.7 Å². The van der Waals surface area contributed by atoms with E-state index < -0.39 is 15.9 Å². The molecule has 0 saturated heterocycles. The van der Waals surface area contributed by atoms with E-state index in [9.17, 15) is 13.2 Å². The van der Waals surface area contributed by atoms with Crippen LogP contribution in [0.4, 0.5) is 11.5 Å². The fourth-order valence-corrected chi connectivity index (χ4v) is 4.22. The third-order valence-corrected chi connectivity index (χ3v) is 6.56. The lowest BCUT2D eigenvalue weighted by molar-refractivity contribution is 0.0992. The van der Waals surface area contributed by atoms with Crippen molar-refractivity contribution in [1.82, 2.24) is 10.2 Å². The molecule has 35 heavy (non-hydrogen) atoms. The molecule has 4 rings (SSSR count). The maximum Gasteiger partial charge on any atom is 0.291 e. The van der Waals surface area contributed by atoms with Crippen LogP contribution in [-0.4, -0.2) is 24.5 Å². The minimum atomic E-state index is -3.91. The van der Waals surface area contributed by atoms with Gasteiger partial charge in [-0.15, -0.1) is 10.2 Å². The first-order valence-electron chi connectivity index (χ1n) is 9.80. The molecule has 0 radical (unpaired) electrons. The second kappa shape index (κ2) is 10.5. The number of rotatable bonds is 8. The van der Waals surface area contributed by atoms with Gasteiger partial charge >= 0.3 is 0 Å². The number of sulfonamides is 1. The molecule has 0 fully saturated rings. The second-order valence-corrected chi connectivity index (χ2v) is 9.87. The summed E-state index contributed by atoms with van der Waals surface area (Å²) in [6.07, 6.45) is 0. The van der Waals surface area contributed by atoms with E-state index in [1.165, 1.54) is 42.5 Å². The fourth-order valence-electron chi connectivity index (χ4n) is 2.79. The summed E-state index contributed by atoms with van der Waals surface area (Å²) < 4.78 is 38.4. The highest BCUT2D eigenvalue weighted by atomic mass is 35.5. The van der Waals surface area contributed by atoms with Gasteiger partial charge in [0, 0.05) is 16.8 Å². The van der Waals surface area contributed by atoms with Gasteiger partial charge in [-0.1, -0.05) is 34.8 Å². The lowest BCUT2D eigenvalue weighted by Gasteiger charge is -2.08. The summed E-state index contributed by atoms with van der Waals surface area (Å²) in [6, 6.07) is 16.2. The van der Waals surface area contributed by atoms with Crippen molar-refractivity contribution < 1.29 is 22.4 Å². The summed E-state index contributed by atoms with van der Waals surface area (Å²) >= 11 is 17.6. The maximum atomic E-state index is 12.5. The number of furan rings is 1. The maximum absolute atomic E-state index is 12.5. The lowest BCUT2D eigenvalue weighted by atomic mass is 10.3. The first kappa shape index (κ1) is 24.8. The summed E-state index contributed by atoms with van der Waals surface area (Å²) in [7, 11) is -3.91. The van der Waals surface area contributed by atoms with Gasteiger partial charge in [0.1, 0.15) is 18.1 Å². The lowest BCUT2D eigenvalue weighted by Crippen LogP contribution is -2.15. The molecule has 4 aromatic rings. The Morgan fingerprint density at radius 2 is 1.71 bits per heavy atom. The van der Waals surface area contributed by atoms with Gasteiger partial charge in [-0.05, 0) is 60.7 Å². The predicted molar refractivity (Wildman–Crippen MR) is 132 cm³/mol. The van der Waals surface area contributed by atoms with Gasteiger partial charge in [0.05, 0.1) is 9.92 Å². The van der Waals surface area contributed by atoms with Crippen molar-refractivity contribution in [1.29, 1.82) is 0 Å². The molecule has 0 aliphatic heterocycles. The zero-order valence-corrected chi connectivity index (χ0v) is 20.6. The molecule has 0 bridgehead atoms. The minimum Gasteiger partial charge on any atom is -0.484 e. The number of halogens is 3. The summed E-state index contributed by atoms with van der Waals surface area (Å²) in [5.74, 6) is 0.308. The Hall–Kier alpha value is -3.31. The van der Waals surface area contributed by atoms with Gasteiger partial charge < -0.3 is 14.5 Å². The number of nitrogens with zero attached hydrogens (tertiary/aromatic N) is 2.